The van der Waals surface area contributed by atoms with E-state index in [2.05, 4.69) is 74.2 Å². The number of nitrogens with one attached hydrogen (secondary N) is 1. The highest BCUT2D eigenvalue weighted by atomic mass is 15.1. The fourth-order valence-corrected chi connectivity index (χ4v) is 2.34. The van der Waals surface area contributed by atoms with E-state index >= 15 is 0 Å². The van der Waals surface area contributed by atoms with Gasteiger partial charge in [0.05, 0.1) is 0 Å². The van der Waals surface area contributed by atoms with Gasteiger partial charge in [-0.15, -0.1) is 0 Å². The van der Waals surface area contributed by atoms with Crippen LogP contribution in [0, 0.1) is 0 Å². The van der Waals surface area contributed by atoms with Crippen molar-refractivity contribution in [1.29, 1.82) is 0 Å². The van der Waals surface area contributed by atoms with Crippen molar-refractivity contribution in [3.63, 3.8) is 0 Å². The summed E-state index contributed by atoms with van der Waals surface area (Å²) in [4.78, 5) is 4.60. The van der Waals surface area contributed by atoms with E-state index < -0.39 is 0 Å². The smallest absolute Gasteiger partial charge is 0.0361 e. The number of hydrogen-bond acceptors (Lipinski definition) is 3. The Labute approximate surface area is 125 Å². The Morgan fingerprint density at radius 1 is 1.05 bits per heavy atom. The molecular formula is C17H31N3. The van der Waals surface area contributed by atoms with Gasteiger partial charge in [-0.2, -0.15) is 0 Å². The molecule has 114 valence electrons. The van der Waals surface area contributed by atoms with E-state index in [1.807, 2.05) is 0 Å². The minimum Gasteiger partial charge on any atom is -0.378 e. The molecule has 0 radical (unpaired) electrons. The Morgan fingerprint density at radius 3 is 2.15 bits per heavy atom. The van der Waals surface area contributed by atoms with E-state index in [9.17, 15) is 0 Å². The van der Waals surface area contributed by atoms with Crippen LogP contribution >= 0.6 is 0 Å². The first-order valence-electron chi connectivity index (χ1n) is 7.81. The Kier molecular flexibility index (Phi) is 7.63. The topological polar surface area (TPSA) is 18.5 Å². The summed E-state index contributed by atoms with van der Waals surface area (Å²) in [5.74, 6) is 0. The third kappa shape index (κ3) is 5.51. The first-order chi connectivity index (χ1) is 9.58. The lowest BCUT2D eigenvalue weighted by molar-refractivity contribution is 0.296. The van der Waals surface area contributed by atoms with Crippen LogP contribution in [0.15, 0.2) is 24.3 Å². The lowest BCUT2D eigenvalue weighted by Crippen LogP contribution is -2.28. The lowest BCUT2D eigenvalue weighted by Gasteiger charge is -2.20. The Hall–Kier alpha value is -1.06. The molecule has 3 heteroatoms. The highest BCUT2D eigenvalue weighted by Gasteiger charge is 2.05. The van der Waals surface area contributed by atoms with Gasteiger partial charge in [0.15, 0.2) is 0 Å². The first-order valence-corrected chi connectivity index (χ1v) is 7.81. The van der Waals surface area contributed by atoms with E-state index in [1.54, 1.807) is 0 Å². The summed E-state index contributed by atoms with van der Waals surface area (Å²) < 4.78 is 0. The van der Waals surface area contributed by atoms with Crippen LogP contribution in [-0.2, 0) is 0 Å². The van der Waals surface area contributed by atoms with Crippen LogP contribution in [0.1, 0.15) is 38.8 Å². The van der Waals surface area contributed by atoms with Gasteiger partial charge in [-0.25, -0.2) is 0 Å². The third-order valence-electron chi connectivity index (χ3n) is 3.91. The molecule has 0 spiro atoms. The molecule has 1 atom stereocenters. The normalized spacial score (nSPS) is 12.7. The summed E-state index contributed by atoms with van der Waals surface area (Å²) in [6.07, 6.45) is 1.21. The minimum atomic E-state index is 0.419. The molecule has 0 aliphatic carbocycles. The number of hydrogen-bond donors (Lipinski definition) is 1. The van der Waals surface area contributed by atoms with Crippen LogP contribution in [0.25, 0.3) is 0 Å². The standard InChI is InChI=1S/C17H31N3/c1-6-20(7-2)14-8-13-18-15(3)16-9-11-17(12-10-16)19(4)5/h9-12,15,18H,6-8,13-14H2,1-5H3. The number of rotatable bonds is 9. The first kappa shape index (κ1) is 17.0. The molecule has 1 N–H and O–H groups in total. The van der Waals surface area contributed by atoms with Crippen LogP contribution in [0.3, 0.4) is 0 Å². The van der Waals surface area contributed by atoms with Gasteiger partial charge in [0.25, 0.3) is 0 Å². The molecular weight excluding hydrogens is 246 g/mol. The van der Waals surface area contributed by atoms with Gasteiger partial charge in [-0.05, 0) is 57.2 Å². The van der Waals surface area contributed by atoms with Crippen molar-refractivity contribution < 1.29 is 0 Å². The highest BCUT2D eigenvalue weighted by molar-refractivity contribution is 5.46. The third-order valence-corrected chi connectivity index (χ3v) is 3.91. The van der Waals surface area contributed by atoms with Crippen molar-refractivity contribution in [2.45, 2.75) is 33.2 Å². The van der Waals surface area contributed by atoms with Gasteiger partial charge in [-0.1, -0.05) is 26.0 Å². The molecule has 0 aliphatic heterocycles. The summed E-state index contributed by atoms with van der Waals surface area (Å²) in [7, 11) is 4.15. The quantitative estimate of drug-likeness (QED) is 0.700. The van der Waals surface area contributed by atoms with Gasteiger partial charge >= 0.3 is 0 Å². The van der Waals surface area contributed by atoms with Crippen molar-refractivity contribution >= 4 is 5.69 Å². The zero-order chi connectivity index (χ0) is 15.0. The van der Waals surface area contributed by atoms with Gasteiger partial charge in [-0.3, -0.25) is 0 Å². The minimum absolute atomic E-state index is 0.419. The number of nitrogens with zero attached hydrogens (tertiary/aromatic N) is 2. The second-order valence-electron chi connectivity index (χ2n) is 5.54. The maximum atomic E-state index is 3.61. The molecule has 0 aliphatic rings. The maximum Gasteiger partial charge on any atom is 0.0361 e. The van der Waals surface area contributed by atoms with E-state index in [4.69, 9.17) is 0 Å². The molecule has 3 nitrogen and oxygen atoms in total. The van der Waals surface area contributed by atoms with Crippen molar-refractivity contribution in [3.05, 3.63) is 29.8 Å². The molecule has 0 saturated carbocycles. The fraction of sp³-hybridized carbons (Fsp3) is 0.647. The van der Waals surface area contributed by atoms with Crippen molar-refractivity contribution in [2.75, 3.05) is 45.2 Å². The summed E-state index contributed by atoms with van der Waals surface area (Å²) in [6, 6.07) is 9.23. The average Bonchev–Trinajstić information content (AvgIpc) is 2.47. The molecule has 20 heavy (non-hydrogen) atoms. The van der Waals surface area contributed by atoms with E-state index in [-0.39, 0.29) is 0 Å². The molecule has 1 aromatic carbocycles. The zero-order valence-corrected chi connectivity index (χ0v) is 13.8. The van der Waals surface area contributed by atoms with Crippen LogP contribution in [0.4, 0.5) is 5.69 Å². The van der Waals surface area contributed by atoms with Crippen molar-refractivity contribution in [2.24, 2.45) is 0 Å². The molecule has 0 bridgehead atoms. The van der Waals surface area contributed by atoms with Gasteiger partial charge in [0, 0.05) is 25.8 Å². The fourth-order valence-electron chi connectivity index (χ4n) is 2.34. The molecule has 0 aromatic heterocycles. The van der Waals surface area contributed by atoms with Gasteiger partial charge in [0.2, 0.25) is 0 Å². The summed E-state index contributed by atoms with van der Waals surface area (Å²) in [6.45, 7) is 11.3. The van der Waals surface area contributed by atoms with Crippen LogP contribution < -0.4 is 10.2 Å². The van der Waals surface area contributed by atoms with E-state index in [1.165, 1.54) is 24.2 Å². The lowest BCUT2D eigenvalue weighted by atomic mass is 10.1. The Balaban J connectivity index is 2.33. The van der Waals surface area contributed by atoms with Crippen LogP contribution in [0.2, 0.25) is 0 Å². The van der Waals surface area contributed by atoms with E-state index in [0.29, 0.717) is 6.04 Å². The SMILES string of the molecule is CCN(CC)CCCNC(C)c1ccc(N(C)C)cc1. The highest BCUT2D eigenvalue weighted by Crippen LogP contribution is 2.17. The largest absolute Gasteiger partial charge is 0.378 e. The molecule has 1 rings (SSSR count). The second kappa shape index (κ2) is 8.98. The van der Waals surface area contributed by atoms with Crippen molar-refractivity contribution in [1.82, 2.24) is 10.2 Å². The summed E-state index contributed by atoms with van der Waals surface area (Å²) in [5, 5.41) is 3.61. The predicted octanol–water partition coefficient (Wildman–Crippen LogP) is 3.14. The Morgan fingerprint density at radius 2 is 1.65 bits per heavy atom. The Bertz CT molecular complexity index is 355. The maximum absolute atomic E-state index is 3.61. The molecule has 0 heterocycles. The molecule has 0 fully saturated rings. The monoisotopic (exact) mass is 277 g/mol. The van der Waals surface area contributed by atoms with Crippen LogP contribution in [-0.4, -0.2) is 45.2 Å². The van der Waals surface area contributed by atoms with Gasteiger partial charge < -0.3 is 15.1 Å². The summed E-state index contributed by atoms with van der Waals surface area (Å²) in [5.41, 5.74) is 2.61. The number of anilines is 1. The van der Waals surface area contributed by atoms with E-state index in [0.717, 1.165) is 19.6 Å². The summed E-state index contributed by atoms with van der Waals surface area (Å²) >= 11 is 0. The van der Waals surface area contributed by atoms with Gasteiger partial charge in [0.1, 0.15) is 0 Å². The molecule has 1 aromatic rings. The molecule has 0 amide bonds. The average molecular weight is 277 g/mol. The van der Waals surface area contributed by atoms with Crippen LogP contribution in [0.5, 0.6) is 0 Å². The number of benzene rings is 1. The second-order valence-corrected chi connectivity index (χ2v) is 5.54. The zero-order valence-electron chi connectivity index (χ0n) is 13.8. The van der Waals surface area contributed by atoms with Crippen molar-refractivity contribution in [3.8, 4) is 0 Å². The molecule has 1 unspecified atom stereocenters. The molecule has 0 saturated heterocycles. The predicted molar refractivity (Wildman–Crippen MR) is 89.6 cm³/mol.